The van der Waals surface area contributed by atoms with Crippen LogP contribution in [0.3, 0.4) is 0 Å². The van der Waals surface area contributed by atoms with E-state index in [-0.39, 0.29) is 0 Å². The fourth-order valence-electron chi connectivity index (χ4n) is 12.7. The highest BCUT2D eigenvalue weighted by Crippen LogP contribution is 2.38. The zero-order valence-electron chi connectivity index (χ0n) is 41.9. The van der Waals surface area contributed by atoms with Crippen molar-refractivity contribution in [2.75, 3.05) is 0 Å². The van der Waals surface area contributed by atoms with Gasteiger partial charge in [-0.1, -0.05) is 255 Å². The van der Waals surface area contributed by atoms with Crippen LogP contribution in [-0.4, -0.2) is 25.3 Å². The van der Waals surface area contributed by atoms with E-state index >= 15 is 0 Å². The molecule has 4 heteroatoms. The van der Waals surface area contributed by atoms with Gasteiger partial charge in [0, 0.05) is 32.9 Å². The Hall–Kier alpha value is -9.33. The molecule has 0 atom stereocenters. The van der Waals surface area contributed by atoms with Gasteiger partial charge in [-0.15, -0.1) is 0 Å². The van der Waals surface area contributed by atoms with Crippen molar-refractivity contribution >= 4 is 101 Å². The van der Waals surface area contributed by atoms with Crippen LogP contribution in [0.4, 0.5) is 0 Å². The molecule has 358 valence electrons. The van der Waals surface area contributed by atoms with Gasteiger partial charge in [-0.3, -0.25) is 0 Å². The Kier molecular flexibility index (Phi) is 11.2. The highest BCUT2D eigenvalue weighted by Gasteiger charge is 2.43. The summed E-state index contributed by atoms with van der Waals surface area (Å²) in [5.41, 5.74) is 9.46. The normalized spacial score (nSPS) is 11.9. The van der Waals surface area contributed by atoms with Gasteiger partial charge in [-0.2, -0.15) is 0 Å². The summed E-state index contributed by atoms with van der Waals surface area (Å²) in [4.78, 5) is 0. The van der Waals surface area contributed by atoms with Crippen molar-refractivity contribution in [2.45, 2.75) is 0 Å². The summed E-state index contributed by atoms with van der Waals surface area (Å²) >= 11 is 0. The number of nitrogens with zero attached hydrogens (tertiary/aromatic N) is 2. The van der Waals surface area contributed by atoms with Crippen molar-refractivity contribution in [3.05, 3.63) is 315 Å². The Bertz CT molecular complexity index is 3900. The fourth-order valence-corrected chi connectivity index (χ4v) is 22.3. The van der Waals surface area contributed by atoms with E-state index in [1.54, 1.807) is 0 Å². The molecule has 0 aliphatic carbocycles. The van der Waals surface area contributed by atoms with Crippen LogP contribution in [0.2, 0.25) is 0 Å². The molecule has 76 heavy (non-hydrogen) atoms. The Morgan fingerprint density at radius 2 is 0.447 bits per heavy atom. The Balaban J connectivity index is 0.912. The maximum Gasteiger partial charge on any atom is 0.179 e. The monoisotopic (exact) mass is 1000 g/mol. The van der Waals surface area contributed by atoms with Gasteiger partial charge < -0.3 is 9.13 Å². The van der Waals surface area contributed by atoms with Crippen molar-refractivity contribution in [1.82, 2.24) is 9.13 Å². The quantitative estimate of drug-likeness (QED) is 0.0903. The molecule has 0 spiro atoms. The second-order valence-corrected chi connectivity index (χ2v) is 27.6. The average Bonchev–Trinajstić information content (AvgIpc) is 4.10. The minimum atomic E-state index is -2.76. The first-order valence-electron chi connectivity index (χ1n) is 26.3. The summed E-state index contributed by atoms with van der Waals surface area (Å²) in [6, 6.07) is 118. The molecule has 0 bridgehead atoms. The molecule has 0 amide bonds. The standard InChI is InChI=1S/C72H52N2Si2/c1-7-27-57(28-8-1)75(58-29-9-2-10-30-58,59-31-11-3-12-32-59)63-39-23-25-55(51-63)73-69-43-21-19-41-65(69)67-49-53(45-47-71(67)73)54-46-48-72-68(50-54)66-42-20-22-44-70(66)74(72)56-26-24-40-64(52-56)76(60-33-13-4-14-34-60,61-35-15-5-16-36-61)62-37-17-6-18-38-62/h1-52H. The summed E-state index contributed by atoms with van der Waals surface area (Å²) in [5, 5.41) is 15.8. The molecule has 0 unspecified atom stereocenters. The molecule has 2 nitrogen and oxygen atoms in total. The molecule has 14 aromatic rings. The van der Waals surface area contributed by atoms with Gasteiger partial charge in [0.2, 0.25) is 0 Å². The van der Waals surface area contributed by atoms with Gasteiger partial charge in [-0.25, -0.2) is 0 Å². The highest BCUT2D eigenvalue weighted by atomic mass is 28.3. The number of hydrogen-bond acceptors (Lipinski definition) is 0. The molecule has 12 aromatic carbocycles. The lowest BCUT2D eigenvalue weighted by Gasteiger charge is -2.34. The number of rotatable bonds is 11. The molecule has 0 fully saturated rings. The lowest BCUT2D eigenvalue weighted by Crippen LogP contribution is -2.74. The minimum absolute atomic E-state index is 1.16. The van der Waals surface area contributed by atoms with Gasteiger partial charge in [0.25, 0.3) is 0 Å². The van der Waals surface area contributed by atoms with E-state index in [2.05, 4.69) is 325 Å². The molecule has 0 aliphatic rings. The first kappa shape index (κ1) is 45.3. The lowest BCUT2D eigenvalue weighted by atomic mass is 10.0. The minimum Gasteiger partial charge on any atom is -0.309 e. The third kappa shape index (κ3) is 7.21. The first-order valence-corrected chi connectivity index (χ1v) is 30.3. The van der Waals surface area contributed by atoms with Gasteiger partial charge in [0.15, 0.2) is 16.1 Å². The van der Waals surface area contributed by atoms with Crippen LogP contribution in [0, 0.1) is 0 Å². The zero-order chi connectivity index (χ0) is 50.5. The van der Waals surface area contributed by atoms with Gasteiger partial charge in [0.05, 0.1) is 22.1 Å². The van der Waals surface area contributed by atoms with Crippen LogP contribution in [0.5, 0.6) is 0 Å². The molecule has 0 saturated carbocycles. The van der Waals surface area contributed by atoms with Crippen molar-refractivity contribution in [3.63, 3.8) is 0 Å². The topological polar surface area (TPSA) is 9.86 Å². The van der Waals surface area contributed by atoms with Crippen molar-refractivity contribution in [3.8, 4) is 22.5 Å². The van der Waals surface area contributed by atoms with Crippen LogP contribution in [0.25, 0.3) is 66.1 Å². The third-order valence-corrected chi connectivity index (χ3v) is 25.5. The molecule has 0 saturated heterocycles. The maximum atomic E-state index is 2.48. The smallest absolute Gasteiger partial charge is 0.179 e. The van der Waals surface area contributed by atoms with E-state index in [4.69, 9.17) is 0 Å². The maximum absolute atomic E-state index is 2.76. The number of fused-ring (bicyclic) bond motifs is 6. The number of aromatic nitrogens is 2. The molecular weight excluding hydrogens is 949 g/mol. The molecular formula is C72H52N2Si2. The Morgan fingerprint density at radius 1 is 0.184 bits per heavy atom. The van der Waals surface area contributed by atoms with Crippen LogP contribution < -0.4 is 41.5 Å². The van der Waals surface area contributed by atoms with Gasteiger partial charge >= 0.3 is 0 Å². The SMILES string of the molecule is c1ccc([Si](c2ccccc2)(c2ccccc2)c2cccc(-n3c4ccccc4c4cc(-c5ccc6c(c5)c5ccccc5n6-c5cccc([Si](c6ccccc6)(c6ccccc6)c6ccccc6)c5)ccc43)c2)cc1. The second kappa shape index (κ2) is 18.9. The summed E-state index contributed by atoms with van der Waals surface area (Å²) < 4.78 is 4.96. The summed E-state index contributed by atoms with van der Waals surface area (Å²) in [6.45, 7) is 0. The molecule has 0 radical (unpaired) electrons. The van der Waals surface area contributed by atoms with E-state index in [1.165, 1.54) is 96.2 Å². The fraction of sp³-hybridized carbons (Fsp3) is 0. The van der Waals surface area contributed by atoms with E-state index in [1.807, 2.05) is 0 Å². The van der Waals surface area contributed by atoms with Crippen LogP contribution in [-0.2, 0) is 0 Å². The van der Waals surface area contributed by atoms with Crippen LogP contribution >= 0.6 is 0 Å². The summed E-state index contributed by atoms with van der Waals surface area (Å²) in [6.07, 6.45) is 0. The predicted molar refractivity (Wildman–Crippen MR) is 328 cm³/mol. The van der Waals surface area contributed by atoms with E-state index in [9.17, 15) is 0 Å². The number of hydrogen-bond donors (Lipinski definition) is 0. The molecule has 14 rings (SSSR count). The Labute approximate surface area is 445 Å². The van der Waals surface area contributed by atoms with Gasteiger partial charge in [0.1, 0.15) is 0 Å². The lowest BCUT2D eigenvalue weighted by molar-refractivity contribution is 1.18. The van der Waals surface area contributed by atoms with Crippen molar-refractivity contribution in [1.29, 1.82) is 0 Å². The number of para-hydroxylation sites is 2. The van der Waals surface area contributed by atoms with Crippen LogP contribution in [0.15, 0.2) is 315 Å². The first-order chi connectivity index (χ1) is 37.7. The molecule has 2 heterocycles. The van der Waals surface area contributed by atoms with Crippen LogP contribution in [0.1, 0.15) is 0 Å². The van der Waals surface area contributed by atoms with Crippen molar-refractivity contribution < 1.29 is 0 Å². The van der Waals surface area contributed by atoms with E-state index in [0.717, 1.165) is 11.4 Å². The largest absolute Gasteiger partial charge is 0.309 e. The molecule has 2 aromatic heterocycles. The second-order valence-electron chi connectivity index (χ2n) is 20.0. The molecule has 0 N–H and O–H groups in total. The average molecular weight is 1000 g/mol. The third-order valence-electron chi connectivity index (χ3n) is 16.0. The van der Waals surface area contributed by atoms with Gasteiger partial charge in [-0.05, 0) is 113 Å². The molecule has 0 aliphatic heterocycles. The summed E-state index contributed by atoms with van der Waals surface area (Å²) in [5.74, 6) is 0. The predicted octanol–water partition coefficient (Wildman–Crippen LogP) is 12.3. The summed E-state index contributed by atoms with van der Waals surface area (Å²) in [7, 11) is -5.52. The van der Waals surface area contributed by atoms with E-state index < -0.39 is 16.1 Å². The van der Waals surface area contributed by atoms with Crippen molar-refractivity contribution in [2.24, 2.45) is 0 Å². The zero-order valence-corrected chi connectivity index (χ0v) is 43.9. The highest BCUT2D eigenvalue weighted by molar-refractivity contribution is 7.20. The van der Waals surface area contributed by atoms with E-state index in [0.29, 0.717) is 0 Å². The number of benzene rings is 12. The Morgan fingerprint density at radius 3 is 0.763 bits per heavy atom.